The Morgan fingerprint density at radius 1 is 1.11 bits per heavy atom. The molecule has 4 rings (SSSR count). The highest BCUT2D eigenvalue weighted by Gasteiger charge is 2.19. The molecule has 1 aliphatic rings. The first-order chi connectivity index (χ1) is 13.6. The third kappa shape index (κ3) is 4.22. The van der Waals surface area contributed by atoms with Crippen LogP contribution in [0, 0.1) is 4.84 Å². The Balaban J connectivity index is 1.40. The van der Waals surface area contributed by atoms with Crippen LogP contribution in [0.15, 0.2) is 52.9 Å². The van der Waals surface area contributed by atoms with E-state index in [0.29, 0.717) is 17.4 Å². The predicted molar refractivity (Wildman–Crippen MR) is 113 cm³/mol. The topological polar surface area (TPSA) is 46.7 Å². The van der Waals surface area contributed by atoms with Crippen LogP contribution in [0.4, 0.5) is 5.69 Å². The Kier molecular flexibility index (Phi) is 5.66. The average molecular weight is 417 g/mol. The standard InChI is InChI=1S/C20H21ClN4O2S/c1-26-18-7-5-15(6-8-18)19-22-25(20(28)27-19)14-23-9-11-24(12-10-23)17-4-2-3-16(21)13-17/h2-8,13H,9-12,14H2,1H3. The predicted octanol–water partition coefficient (Wildman–Crippen LogP) is 4.31. The van der Waals surface area contributed by atoms with Gasteiger partial charge in [0, 0.05) is 42.5 Å². The normalized spacial score (nSPS) is 15.0. The third-order valence-electron chi connectivity index (χ3n) is 4.82. The summed E-state index contributed by atoms with van der Waals surface area (Å²) in [6.07, 6.45) is 0. The number of nitrogens with zero attached hydrogens (tertiary/aromatic N) is 4. The number of hydrogen-bond donors (Lipinski definition) is 0. The number of piperazine rings is 1. The second kappa shape index (κ2) is 8.34. The van der Waals surface area contributed by atoms with Gasteiger partial charge in [0.1, 0.15) is 5.75 Å². The lowest BCUT2D eigenvalue weighted by Gasteiger charge is -2.35. The number of benzene rings is 2. The number of rotatable bonds is 5. The molecule has 0 amide bonds. The van der Waals surface area contributed by atoms with Crippen molar-refractivity contribution in [1.82, 2.24) is 14.7 Å². The molecule has 3 aromatic rings. The Morgan fingerprint density at radius 2 is 1.86 bits per heavy atom. The van der Waals surface area contributed by atoms with E-state index in [1.54, 1.807) is 11.8 Å². The van der Waals surface area contributed by atoms with Gasteiger partial charge in [0.25, 0.3) is 4.84 Å². The molecular formula is C20H21ClN4O2S. The fraction of sp³-hybridized carbons (Fsp3) is 0.300. The summed E-state index contributed by atoms with van der Waals surface area (Å²) in [5.41, 5.74) is 2.03. The molecule has 2 aromatic carbocycles. The van der Waals surface area contributed by atoms with Gasteiger partial charge in [0.2, 0.25) is 5.89 Å². The van der Waals surface area contributed by atoms with Gasteiger partial charge in [0.05, 0.1) is 13.8 Å². The molecule has 28 heavy (non-hydrogen) atoms. The molecular weight excluding hydrogens is 396 g/mol. The molecule has 146 valence electrons. The Labute approximate surface area is 173 Å². The van der Waals surface area contributed by atoms with Gasteiger partial charge in [-0.1, -0.05) is 17.7 Å². The van der Waals surface area contributed by atoms with Gasteiger partial charge in [-0.05, 0) is 54.7 Å². The first-order valence-electron chi connectivity index (χ1n) is 9.07. The highest BCUT2D eigenvalue weighted by Crippen LogP contribution is 2.23. The van der Waals surface area contributed by atoms with E-state index in [-0.39, 0.29) is 0 Å². The van der Waals surface area contributed by atoms with E-state index in [4.69, 9.17) is 33.0 Å². The van der Waals surface area contributed by atoms with Crippen molar-refractivity contribution < 1.29 is 9.15 Å². The van der Waals surface area contributed by atoms with E-state index in [1.807, 2.05) is 42.5 Å². The van der Waals surface area contributed by atoms with Crippen LogP contribution >= 0.6 is 23.8 Å². The summed E-state index contributed by atoms with van der Waals surface area (Å²) in [4.78, 5) is 5.04. The minimum Gasteiger partial charge on any atom is -0.497 e. The largest absolute Gasteiger partial charge is 0.497 e. The number of anilines is 1. The van der Waals surface area contributed by atoms with Gasteiger partial charge in [-0.25, -0.2) is 4.68 Å². The second-order valence-corrected chi connectivity index (χ2v) is 7.41. The first kappa shape index (κ1) is 19.0. The molecule has 0 radical (unpaired) electrons. The Morgan fingerprint density at radius 3 is 2.54 bits per heavy atom. The van der Waals surface area contributed by atoms with Crippen molar-refractivity contribution >= 4 is 29.5 Å². The lowest BCUT2D eigenvalue weighted by Crippen LogP contribution is -2.46. The number of halogens is 1. The molecule has 6 nitrogen and oxygen atoms in total. The Hall–Kier alpha value is -2.35. The molecule has 1 saturated heterocycles. The van der Waals surface area contributed by atoms with Crippen LogP contribution in [0.1, 0.15) is 0 Å². The molecule has 0 bridgehead atoms. The summed E-state index contributed by atoms with van der Waals surface area (Å²) >= 11 is 11.5. The maximum atomic E-state index is 6.11. The summed E-state index contributed by atoms with van der Waals surface area (Å²) in [7, 11) is 1.64. The van der Waals surface area contributed by atoms with E-state index in [9.17, 15) is 0 Å². The van der Waals surface area contributed by atoms with Crippen molar-refractivity contribution in [2.24, 2.45) is 0 Å². The van der Waals surface area contributed by atoms with Crippen molar-refractivity contribution in [2.75, 3.05) is 38.2 Å². The third-order valence-corrected chi connectivity index (χ3v) is 5.35. The van der Waals surface area contributed by atoms with Crippen LogP contribution in [0.5, 0.6) is 5.75 Å². The van der Waals surface area contributed by atoms with Crippen molar-refractivity contribution in [3.63, 3.8) is 0 Å². The SMILES string of the molecule is COc1ccc(-c2nn(CN3CCN(c4cccc(Cl)c4)CC3)c(=S)o2)cc1. The minimum atomic E-state index is 0.378. The van der Waals surface area contributed by atoms with Crippen molar-refractivity contribution in [1.29, 1.82) is 0 Å². The lowest BCUT2D eigenvalue weighted by molar-refractivity contribution is 0.192. The summed E-state index contributed by atoms with van der Waals surface area (Å²) in [5, 5.41) is 5.31. The van der Waals surface area contributed by atoms with Crippen LogP contribution in [0.2, 0.25) is 5.02 Å². The highest BCUT2D eigenvalue weighted by atomic mass is 35.5. The molecule has 0 aliphatic carbocycles. The summed E-state index contributed by atoms with van der Waals surface area (Å²) in [6, 6.07) is 15.6. The van der Waals surface area contributed by atoms with Gasteiger partial charge in [0.15, 0.2) is 0 Å². The fourth-order valence-corrected chi connectivity index (χ4v) is 3.62. The molecule has 1 aromatic heterocycles. The van der Waals surface area contributed by atoms with Gasteiger partial charge in [-0.15, -0.1) is 5.10 Å². The van der Waals surface area contributed by atoms with Crippen LogP contribution < -0.4 is 9.64 Å². The first-order valence-corrected chi connectivity index (χ1v) is 9.86. The van der Waals surface area contributed by atoms with Gasteiger partial charge < -0.3 is 14.1 Å². The zero-order chi connectivity index (χ0) is 19.5. The van der Waals surface area contributed by atoms with Crippen molar-refractivity contribution in [3.8, 4) is 17.2 Å². The second-order valence-electron chi connectivity index (χ2n) is 6.63. The summed E-state index contributed by atoms with van der Waals surface area (Å²) < 4.78 is 12.6. The lowest BCUT2D eigenvalue weighted by atomic mass is 10.2. The summed E-state index contributed by atoms with van der Waals surface area (Å²) in [5.74, 6) is 1.31. The zero-order valence-electron chi connectivity index (χ0n) is 15.5. The minimum absolute atomic E-state index is 0.378. The zero-order valence-corrected chi connectivity index (χ0v) is 17.1. The molecule has 1 aliphatic heterocycles. The molecule has 0 spiro atoms. The number of ether oxygens (including phenoxy) is 1. The van der Waals surface area contributed by atoms with Gasteiger partial charge in [-0.2, -0.15) is 0 Å². The molecule has 2 heterocycles. The molecule has 0 atom stereocenters. The number of hydrogen-bond acceptors (Lipinski definition) is 6. The smallest absolute Gasteiger partial charge is 0.288 e. The Bertz CT molecular complexity index is 994. The van der Waals surface area contributed by atoms with E-state index in [0.717, 1.165) is 48.2 Å². The maximum absolute atomic E-state index is 6.11. The van der Waals surface area contributed by atoms with Crippen LogP contribution in [-0.2, 0) is 6.67 Å². The highest BCUT2D eigenvalue weighted by molar-refractivity contribution is 7.71. The van der Waals surface area contributed by atoms with Gasteiger partial charge in [-0.3, -0.25) is 4.90 Å². The van der Waals surface area contributed by atoms with E-state index < -0.39 is 0 Å². The average Bonchev–Trinajstić information content (AvgIpc) is 3.09. The van der Waals surface area contributed by atoms with Crippen molar-refractivity contribution in [2.45, 2.75) is 6.67 Å². The summed E-state index contributed by atoms with van der Waals surface area (Å²) in [6.45, 7) is 4.30. The monoisotopic (exact) mass is 416 g/mol. The fourth-order valence-electron chi connectivity index (χ4n) is 3.26. The van der Waals surface area contributed by atoms with Gasteiger partial charge >= 0.3 is 0 Å². The van der Waals surface area contributed by atoms with Crippen LogP contribution in [-0.4, -0.2) is 48.0 Å². The van der Waals surface area contributed by atoms with E-state index >= 15 is 0 Å². The number of methoxy groups -OCH3 is 1. The molecule has 0 N–H and O–H groups in total. The van der Waals surface area contributed by atoms with Crippen LogP contribution in [0.3, 0.4) is 0 Å². The van der Waals surface area contributed by atoms with E-state index in [2.05, 4.69) is 21.0 Å². The van der Waals surface area contributed by atoms with E-state index in [1.165, 1.54) is 0 Å². The molecule has 1 fully saturated rings. The number of aromatic nitrogens is 2. The molecule has 8 heteroatoms. The quantitative estimate of drug-likeness (QED) is 0.577. The molecule has 0 saturated carbocycles. The molecule has 0 unspecified atom stereocenters. The van der Waals surface area contributed by atoms with Crippen molar-refractivity contribution in [3.05, 3.63) is 58.4 Å². The van der Waals surface area contributed by atoms with Crippen LogP contribution in [0.25, 0.3) is 11.5 Å². The maximum Gasteiger partial charge on any atom is 0.288 e.